The summed E-state index contributed by atoms with van der Waals surface area (Å²) in [5.74, 6) is 2.51. The van der Waals surface area contributed by atoms with Crippen LogP contribution in [0.3, 0.4) is 0 Å². The van der Waals surface area contributed by atoms with E-state index in [4.69, 9.17) is 5.11 Å². The van der Waals surface area contributed by atoms with Crippen molar-refractivity contribution in [2.45, 2.75) is 39.0 Å². The Kier molecular flexibility index (Phi) is 3.27. The Morgan fingerprint density at radius 3 is 2.47 bits per heavy atom. The number of carbonyl (C=O) groups is 2. The molecule has 19 heavy (non-hydrogen) atoms. The fourth-order valence-electron chi connectivity index (χ4n) is 4.54. The quantitative estimate of drug-likeness (QED) is 0.721. The Bertz CT molecular complexity index is 379. The Morgan fingerprint density at radius 1 is 1.26 bits per heavy atom. The molecule has 4 heteroatoms. The van der Waals surface area contributed by atoms with Crippen molar-refractivity contribution in [3.8, 4) is 0 Å². The average molecular weight is 265 g/mol. The summed E-state index contributed by atoms with van der Waals surface area (Å²) in [5.41, 5.74) is 0. The molecule has 3 fully saturated rings. The lowest BCUT2D eigenvalue weighted by atomic mass is 10.0. The minimum Gasteiger partial charge on any atom is -0.481 e. The van der Waals surface area contributed by atoms with E-state index in [9.17, 15) is 9.59 Å². The van der Waals surface area contributed by atoms with Crippen molar-refractivity contribution < 1.29 is 14.7 Å². The molecule has 0 aromatic rings. The zero-order valence-electron chi connectivity index (χ0n) is 11.5. The van der Waals surface area contributed by atoms with Gasteiger partial charge in [0, 0.05) is 12.5 Å². The van der Waals surface area contributed by atoms with Gasteiger partial charge in [0.05, 0.1) is 5.92 Å². The molecular formula is C15H23NO3. The maximum absolute atomic E-state index is 12.1. The molecule has 4 nitrogen and oxygen atoms in total. The predicted molar refractivity (Wildman–Crippen MR) is 70.3 cm³/mol. The van der Waals surface area contributed by atoms with Gasteiger partial charge in [-0.2, -0.15) is 0 Å². The minimum atomic E-state index is -0.750. The van der Waals surface area contributed by atoms with Gasteiger partial charge in [-0.05, 0) is 55.8 Å². The van der Waals surface area contributed by atoms with E-state index in [2.05, 4.69) is 5.32 Å². The van der Waals surface area contributed by atoms with E-state index in [0.717, 1.165) is 18.3 Å². The lowest BCUT2D eigenvalue weighted by Gasteiger charge is -2.10. The molecule has 3 saturated carbocycles. The van der Waals surface area contributed by atoms with E-state index >= 15 is 0 Å². The van der Waals surface area contributed by atoms with Gasteiger partial charge < -0.3 is 10.4 Å². The highest BCUT2D eigenvalue weighted by Crippen LogP contribution is 2.69. The van der Waals surface area contributed by atoms with Gasteiger partial charge in [0.25, 0.3) is 0 Å². The van der Waals surface area contributed by atoms with Gasteiger partial charge in [-0.15, -0.1) is 0 Å². The number of rotatable bonds is 6. The van der Waals surface area contributed by atoms with Crippen LogP contribution in [0.4, 0.5) is 0 Å². The van der Waals surface area contributed by atoms with Crippen molar-refractivity contribution in [3.63, 3.8) is 0 Å². The second-order valence-electron chi connectivity index (χ2n) is 6.69. The molecule has 0 spiro atoms. The molecule has 5 atom stereocenters. The van der Waals surface area contributed by atoms with Crippen LogP contribution in [0.1, 0.15) is 39.0 Å². The fourth-order valence-corrected chi connectivity index (χ4v) is 4.54. The van der Waals surface area contributed by atoms with Gasteiger partial charge in [0.15, 0.2) is 0 Å². The third kappa shape index (κ3) is 2.26. The molecule has 3 aliphatic rings. The maximum atomic E-state index is 12.1. The fraction of sp³-hybridized carbons (Fsp3) is 0.867. The summed E-state index contributed by atoms with van der Waals surface area (Å²) in [6.45, 7) is 2.34. The highest BCUT2D eigenvalue weighted by Gasteiger charge is 2.67. The van der Waals surface area contributed by atoms with Crippen molar-refractivity contribution in [3.05, 3.63) is 0 Å². The molecule has 0 saturated heterocycles. The van der Waals surface area contributed by atoms with E-state index in [1.165, 1.54) is 19.3 Å². The zero-order valence-corrected chi connectivity index (χ0v) is 11.5. The Balaban J connectivity index is 1.36. The maximum Gasteiger partial charge on any atom is 0.306 e. The van der Waals surface area contributed by atoms with Crippen LogP contribution in [-0.4, -0.2) is 23.5 Å². The van der Waals surface area contributed by atoms with Crippen molar-refractivity contribution in [1.29, 1.82) is 0 Å². The molecule has 0 aromatic carbocycles. The number of carbonyl (C=O) groups excluding carboxylic acids is 1. The highest BCUT2D eigenvalue weighted by atomic mass is 16.4. The first-order valence-corrected chi connectivity index (χ1v) is 7.60. The molecule has 0 heterocycles. The van der Waals surface area contributed by atoms with Gasteiger partial charge >= 0.3 is 5.97 Å². The van der Waals surface area contributed by atoms with Gasteiger partial charge in [-0.25, -0.2) is 0 Å². The first-order valence-electron chi connectivity index (χ1n) is 7.60. The first kappa shape index (κ1) is 12.9. The summed E-state index contributed by atoms with van der Waals surface area (Å²) in [7, 11) is 0. The molecule has 2 bridgehead atoms. The molecule has 1 amide bonds. The second kappa shape index (κ2) is 4.80. The summed E-state index contributed by atoms with van der Waals surface area (Å²) >= 11 is 0. The molecule has 0 aromatic heterocycles. The van der Waals surface area contributed by atoms with Crippen molar-refractivity contribution in [2.75, 3.05) is 6.54 Å². The third-order valence-corrected chi connectivity index (χ3v) is 5.57. The molecule has 0 radical (unpaired) electrons. The molecule has 3 aliphatic carbocycles. The number of nitrogens with one attached hydrogen (secondary N) is 1. The van der Waals surface area contributed by atoms with Crippen LogP contribution in [0.2, 0.25) is 0 Å². The normalized spacial score (nSPS) is 39.7. The van der Waals surface area contributed by atoms with Gasteiger partial charge in [-0.3, -0.25) is 9.59 Å². The third-order valence-electron chi connectivity index (χ3n) is 5.57. The highest BCUT2D eigenvalue weighted by molar-refractivity contribution is 5.82. The number of carboxylic acids is 1. The standard InChI is InChI=1S/C15H23NO3/c1-8(15(18)19)3-2-6-16-14(17)13-11-9-4-5-10(7-9)12(11)13/h8-13H,2-7H2,1H3,(H,16,17)(H,18,19). The lowest BCUT2D eigenvalue weighted by Crippen LogP contribution is -2.28. The number of carboxylic acid groups (broad SMARTS) is 1. The van der Waals surface area contributed by atoms with Crippen molar-refractivity contribution in [2.24, 2.45) is 35.5 Å². The van der Waals surface area contributed by atoms with Crippen LogP contribution in [0.5, 0.6) is 0 Å². The smallest absolute Gasteiger partial charge is 0.306 e. The molecule has 3 rings (SSSR count). The average Bonchev–Trinajstić information content (AvgIpc) is 2.83. The monoisotopic (exact) mass is 265 g/mol. The molecule has 0 aliphatic heterocycles. The number of fused-ring (bicyclic) bond motifs is 5. The Labute approximate surface area is 113 Å². The van der Waals surface area contributed by atoms with E-state index in [1.807, 2.05) is 0 Å². The topological polar surface area (TPSA) is 66.4 Å². The molecular weight excluding hydrogens is 242 g/mol. The van der Waals surface area contributed by atoms with Crippen LogP contribution < -0.4 is 5.32 Å². The van der Waals surface area contributed by atoms with E-state index in [1.54, 1.807) is 6.92 Å². The predicted octanol–water partition coefficient (Wildman–Crippen LogP) is 1.90. The van der Waals surface area contributed by atoms with E-state index < -0.39 is 5.97 Å². The molecule has 2 N–H and O–H groups in total. The second-order valence-corrected chi connectivity index (χ2v) is 6.69. The number of hydrogen-bond donors (Lipinski definition) is 2. The zero-order chi connectivity index (χ0) is 13.6. The Hall–Kier alpha value is -1.06. The SMILES string of the molecule is CC(CCCNC(=O)C1C2C3CCC(C3)C12)C(=O)O. The van der Waals surface area contributed by atoms with Gasteiger partial charge in [0.2, 0.25) is 5.91 Å². The van der Waals surface area contributed by atoms with Crippen LogP contribution in [0, 0.1) is 35.5 Å². The summed E-state index contributed by atoms with van der Waals surface area (Å²) in [6, 6.07) is 0. The van der Waals surface area contributed by atoms with E-state index in [0.29, 0.717) is 30.7 Å². The summed E-state index contributed by atoms with van der Waals surface area (Å²) in [5, 5.41) is 11.8. The molecule has 5 unspecified atom stereocenters. The van der Waals surface area contributed by atoms with Gasteiger partial charge in [-0.1, -0.05) is 6.92 Å². The lowest BCUT2D eigenvalue weighted by molar-refractivity contribution is -0.141. The van der Waals surface area contributed by atoms with Crippen LogP contribution in [0.25, 0.3) is 0 Å². The summed E-state index contributed by atoms with van der Waals surface area (Å²) in [4.78, 5) is 22.8. The minimum absolute atomic E-state index is 0.231. The van der Waals surface area contributed by atoms with Gasteiger partial charge in [0.1, 0.15) is 0 Å². The van der Waals surface area contributed by atoms with Crippen molar-refractivity contribution in [1.82, 2.24) is 5.32 Å². The van der Waals surface area contributed by atoms with Crippen LogP contribution in [-0.2, 0) is 9.59 Å². The summed E-state index contributed by atoms with van der Waals surface area (Å²) < 4.78 is 0. The van der Waals surface area contributed by atoms with Crippen LogP contribution >= 0.6 is 0 Å². The van der Waals surface area contributed by atoms with E-state index in [-0.39, 0.29) is 11.8 Å². The largest absolute Gasteiger partial charge is 0.481 e. The first-order chi connectivity index (χ1) is 9.09. The van der Waals surface area contributed by atoms with Crippen molar-refractivity contribution >= 4 is 11.9 Å². The number of hydrogen-bond acceptors (Lipinski definition) is 2. The summed E-state index contributed by atoms with van der Waals surface area (Å²) in [6.07, 6.45) is 5.44. The van der Waals surface area contributed by atoms with Crippen LogP contribution in [0.15, 0.2) is 0 Å². The number of aliphatic carboxylic acids is 1. The Morgan fingerprint density at radius 2 is 1.89 bits per heavy atom. The molecule has 106 valence electrons. The number of amides is 1.